The first-order chi connectivity index (χ1) is 13.5. The molecule has 0 amide bonds. The van der Waals surface area contributed by atoms with Crippen LogP contribution in [-0.4, -0.2) is 26.8 Å². The van der Waals surface area contributed by atoms with E-state index in [4.69, 9.17) is 9.26 Å². The van der Waals surface area contributed by atoms with Gasteiger partial charge >= 0.3 is 5.69 Å². The molecule has 142 valence electrons. The lowest BCUT2D eigenvalue weighted by Crippen LogP contribution is -2.18. The summed E-state index contributed by atoms with van der Waals surface area (Å²) >= 11 is 0. The van der Waals surface area contributed by atoms with E-state index in [1.165, 1.54) is 0 Å². The lowest BCUT2D eigenvalue weighted by atomic mass is 10.2. The van der Waals surface area contributed by atoms with E-state index in [1.807, 2.05) is 62.4 Å². The Balaban J connectivity index is 1.60. The molecule has 7 heteroatoms. The Labute approximate surface area is 161 Å². The first-order valence-electron chi connectivity index (χ1n) is 8.95. The molecule has 28 heavy (non-hydrogen) atoms. The number of aromatic nitrogens is 4. The van der Waals surface area contributed by atoms with Crippen LogP contribution in [0.4, 0.5) is 0 Å². The highest BCUT2D eigenvalue weighted by molar-refractivity contribution is 5.81. The molecule has 0 unspecified atom stereocenters. The van der Waals surface area contributed by atoms with Crippen LogP contribution >= 0.6 is 0 Å². The number of imidazole rings is 1. The molecule has 0 aliphatic rings. The zero-order chi connectivity index (χ0) is 19.7. The summed E-state index contributed by atoms with van der Waals surface area (Å²) in [4.78, 5) is 19.4. The second-order valence-electron chi connectivity index (χ2n) is 6.69. The molecule has 4 aromatic rings. The van der Waals surface area contributed by atoms with Crippen LogP contribution < -0.4 is 10.4 Å². The van der Waals surface area contributed by atoms with Gasteiger partial charge in [0, 0.05) is 17.7 Å². The predicted molar refractivity (Wildman–Crippen MR) is 108 cm³/mol. The summed E-state index contributed by atoms with van der Waals surface area (Å²) in [5, 5.41) is 4.04. The maximum absolute atomic E-state index is 12.1. The largest absolute Gasteiger partial charge is 0.497 e. The third-order valence-corrected chi connectivity index (χ3v) is 4.47. The van der Waals surface area contributed by atoms with Crippen LogP contribution in [-0.2, 0) is 0 Å². The van der Waals surface area contributed by atoms with Gasteiger partial charge in [0.25, 0.3) is 5.89 Å². The highest BCUT2D eigenvalue weighted by Crippen LogP contribution is 2.23. The minimum absolute atomic E-state index is 0.0759. The van der Waals surface area contributed by atoms with Crippen LogP contribution in [0.15, 0.2) is 51.8 Å². The zero-order valence-electron chi connectivity index (χ0n) is 15.8. The lowest BCUT2D eigenvalue weighted by molar-refractivity contribution is 0.411. The molecule has 0 radical (unpaired) electrons. The third-order valence-electron chi connectivity index (χ3n) is 4.47. The van der Waals surface area contributed by atoms with Crippen LogP contribution in [0, 0.1) is 0 Å². The van der Waals surface area contributed by atoms with Crippen LogP contribution in [0.3, 0.4) is 0 Å². The van der Waals surface area contributed by atoms with Gasteiger partial charge in [-0.3, -0.25) is 4.57 Å². The molecule has 0 bridgehead atoms. The number of rotatable bonds is 5. The number of benzene rings is 2. The van der Waals surface area contributed by atoms with Crippen LogP contribution in [0.25, 0.3) is 34.6 Å². The fourth-order valence-electron chi connectivity index (χ4n) is 3.09. The van der Waals surface area contributed by atoms with Gasteiger partial charge in [0.05, 0.1) is 18.1 Å². The fourth-order valence-corrected chi connectivity index (χ4v) is 3.09. The summed E-state index contributed by atoms with van der Waals surface area (Å²) in [7, 11) is 1.63. The quantitative estimate of drug-likeness (QED) is 0.566. The fraction of sp³-hybridized carbons (Fsp3) is 0.190. The van der Waals surface area contributed by atoms with Gasteiger partial charge in [-0.25, -0.2) is 4.79 Å². The van der Waals surface area contributed by atoms with E-state index in [2.05, 4.69) is 15.1 Å². The number of hydrogen-bond donors (Lipinski definition) is 1. The van der Waals surface area contributed by atoms with Crippen molar-refractivity contribution in [2.24, 2.45) is 0 Å². The second-order valence-corrected chi connectivity index (χ2v) is 6.69. The first kappa shape index (κ1) is 17.8. The highest BCUT2D eigenvalue weighted by atomic mass is 16.5. The van der Waals surface area contributed by atoms with Crippen LogP contribution in [0.2, 0.25) is 0 Å². The summed E-state index contributed by atoms with van der Waals surface area (Å²) in [6.45, 7) is 3.95. The number of H-pyrrole nitrogens is 1. The summed E-state index contributed by atoms with van der Waals surface area (Å²) in [6, 6.07) is 13.4. The molecule has 2 heterocycles. The topological polar surface area (TPSA) is 85.9 Å². The van der Waals surface area contributed by atoms with Crippen molar-refractivity contribution in [3.05, 3.63) is 64.4 Å². The van der Waals surface area contributed by atoms with E-state index in [0.717, 1.165) is 27.9 Å². The van der Waals surface area contributed by atoms with E-state index in [-0.39, 0.29) is 11.7 Å². The normalized spacial score (nSPS) is 11.7. The van der Waals surface area contributed by atoms with Gasteiger partial charge in [0.2, 0.25) is 5.82 Å². The molecule has 0 saturated heterocycles. The van der Waals surface area contributed by atoms with Crippen molar-refractivity contribution < 1.29 is 9.26 Å². The van der Waals surface area contributed by atoms with E-state index >= 15 is 0 Å². The third kappa shape index (κ3) is 3.34. The van der Waals surface area contributed by atoms with Crippen LogP contribution in [0.1, 0.15) is 31.3 Å². The van der Waals surface area contributed by atoms with Crippen LogP contribution in [0.5, 0.6) is 5.75 Å². The molecule has 0 fully saturated rings. The second kappa shape index (κ2) is 7.19. The van der Waals surface area contributed by atoms with Gasteiger partial charge in [-0.15, -0.1) is 0 Å². The first-order valence-corrected chi connectivity index (χ1v) is 8.95. The molecule has 7 nitrogen and oxygen atoms in total. The lowest BCUT2D eigenvalue weighted by Gasteiger charge is -2.06. The van der Waals surface area contributed by atoms with Gasteiger partial charge < -0.3 is 14.2 Å². The molecular formula is C21H20N4O3. The van der Waals surface area contributed by atoms with E-state index in [1.54, 1.807) is 17.8 Å². The summed E-state index contributed by atoms with van der Waals surface area (Å²) < 4.78 is 12.2. The molecule has 0 spiro atoms. The number of nitrogens with one attached hydrogen (secondary N) is 1. The van der Waals surface area contributed by atoms with E-state index < -0.39 is 0 Å². The van der Waals surface area contributed by atoms with Gasteiger partial charge in [-0.2, -0.15) is 4.98 Å². The van der Waals surface area contributed by atoms with Gasteiger partial charge in [-0.05, 0) is 55.8 Å². The Morgan fingerprint density at radius 3 is 2.64 bits per heavy atom. The van der Waals surface area contributed by atoms with Crippen molar-refractivity contribution >= 4 is 23.2 Å². The molecule has 1 N–H and O–H groups in total. The zero-order valence-corrected chi connectivity index (χ0v) is 15.8. The minimum atomic E-state index is -0.127. The molecule has 0 aliphatic carbocycles. The number of fused-ring (bicyclic) bond motifs is 1. The van der Waals surface area contributed by atoms with Crippen molar-refractivity contribution in [1.29, 1.82) is 0 Å². The molecule has 0 aliphatic heterocycles. The standard InChI is InChI=1S/C21H20N4O3/c1-13(2)25-18-10-7-15(12-17(18)22-21(25)26)20-23-19(28-24-20)11-6-14-4-8-16(27-3)9-5-14/h4-13H,1-3H3,(H,22,26)/b11-6+. The number of hydrogen-bond acceptors (Lipinski definition) is 5. The maximum Gasteiger partial charge on any atom is 0.326 e. The summed E-state index contributed by atoms with van der Waals surface area (Å²) in [6.07, 6.45) is 3.65. The van der Waals surface area contributed by atoms with Crippen molar-refractivity contribution in [3.8, 4) is 17.1 Å². The highest BCUT2D eigenvalue weighted by Gasteiger charge is 2.13. The number of aromatic amines is 1. The van der Waals surface area contributed by atoms with E-state index in [9.17, 15) is 4.79 Å². The van der Waals surface area contributed by atoms with Crippen molar-refractivity contribution in [1.82, 2.24) is 19.7 Å². The monoisotopic (exact) mass is 376 g/mol. The summed E-state index contributed by atoms with van der Waals surface area (Å²) in [5.41, 5.74) is 3.24. The maximum atomic E-state index is 12.1. The molecule has 0 saturated carbocycles. The molecule has 2 aromatic heterocycles. The Morgan fingerprint density at radius 1 is 1.14 bits per heavy atom. The van der Waals surface area contributed by atoms with Crippen molar-refractivity contribution in [3.63, 3.8) is 0 Å². The van der Waals surface area contributed by atoms with Gasteiger partial charge in [0.1, 0.15) is 5.75 Å². The number of nitrogens with zero attached hydrogens (tertiary/aromatic N) is 3. The molecular weight excluding hydrogens is 356 g/mol. The average molecular weight is 376 g/mol. The smallest absolute Gasteiger partial charge is 0.326 e. The Bertz CT molecular complexity index is 1200. The van der Waals surface area contributed by atoms with Crippen molar-refractivity contribution in [2.75, 3.05) is 7.11 Å². The summed E-state index contributed by atoms with van der Waals surface area (Å²) in [5.74, 6) is 1.67. The van der Waals surface area contributed by atoms with Crippen molar-refractivity contribution in [2.45, 2.75) is 19.9 Å². The van der Waals surface area contributed by atoms with Gasteiger partial charge in [0.15, 0.2) is 0 Å². The van der Waals surface area contributed by atoms with Gasteiger partial charge in [-0.1, -0.05) is 17.3 Å². The Hall–Kier alpha value is -3.61. The Morgan fingerprint density at radius 2 is 1.93 bits per heavy atom. The predicted octanol–water partition coefficient (Wildman–Crippen LogP) is 4.14. The minimum Gasteiger partial charge on any atom is -0.497 e. The molecule has 2 aromatic carbocycles. The van der Waals surface area contributed by atoms with E-state index in [0.29, 0.717) is 11.7 Å². The SMILES string of the molecule is COc1ccc(/C=C/c2nc(-c3ccc4c(c3)[nH]c(=O)n4C(C)C)no2)cc1. The number of methoxy groups -OCH3 is 1. The molecule has 4 rings (SSSR count). The average Bonchev–Trinajstić information content (AvgIpc) is 3.29. The molecule has 0 atom stereocenters. The Kier molecular flexibility index (Phi) is 4.57. The number of ether oxygens (including phenoxy) is 1.